The third kappa shape index (κ3) is 3.25. The van der Waals surface area contributed by atoms with Gasteiger partial charge in [0.05, 0.1) is 6.04 Å². The van der Waals surface area contributed by atoms with Crippen molar-refractivity contribution < 1.29 is 9.50 Å². The Morgan fingerprint density at radius 2 is 2.00 bits per heavy atom. The summed E-state index contributed by atoms with van der Waals surface area (Å²) in [6.07, 6.45) is 3.42. The largest absolute Gasteiger partial charge is 0.385 e. The van der Waals surface area contributed by atoms with Crippen LogP contribution in [0.2, 0.25) is 0 Å². The molecule has 0 radical (unpaired) electrons. The van der Waals surface area contributed by atoms with Crippen molar-refractivity contribution in [1.29, 1.82) is 0 Å². The first-order valence-electron chi connectivity index (χ1n) is 8.82. The fourth-order valence-electron chi connectivity index (χ4n) is 4.73. The summed E-state index contributed by atoms with van der Waals surface area (Å²) in [5, 5.41) is 12.3. The third-order valence-electron chi connectivity index (χ3n) is 5.77. The van der Waals surface area contributed by atoms with Gasteiger partial charge in [0, 0.05) is 22.5 Å². The minimum Gasteiger partial charge on any atom is -0.385 e. The van der Waals surface area contributed by atoms with E-state index >= 15 is 0 Å². The number of hydrogen-bond donors (Lipinski definition) is 2. The van der Waals surface area contributed by atoms with Gasteiger partial charge < -0.3 is 10.8 Å². The van der Waals surface area contributed by atoms with Gasteiger partial charge in [0.15, 0.2) is 0 Å². The Morgan fingerprint density at radius 3 is 2.70 bits per heavy atom. The lowest BCUT2D eigenvalue weighted by atomic mass is 9.65. The highest BCUT2D eigenvalue weighted by molar-refractivity contribution is 8.00. The summed E-state index contributed by atoms with van der Waals surface area (Å²) >= 11 is 8.21. The number of thioether (sulfide) groups is 1. The van der Waals surface area contributed by atoms with Gasteiger partial charge in [-0.05, 0) is 43.8 Å². The van der Waals surface area contributed by atoms with Crippen LogP contribution in [-0.2, 0) is 0 Å². The van der Waals surface area contributed by atoms with Gasteiger partial charge in [0.2, 0.25) is 0 Å². The van der Waals surface area contributed by atoms with E-state index in [-0.39, 0.29) is 28.5 Å². The Hall–Kier alpha value is -0.0000000000000000555. The van der Waals surface area contributed by atoms with Crippen LogP contribution in [0, 0.1) is 11.8 Å². The summed E-state index contributed by atoms with van der Waals surface area (Å²) in [6, 6.07) is 0.0553. The average molecular weight is 363 g/mol. The quantitative estimate of drug-likeness (QED) is 0.755. The van der Waals surface area contributed by atoms with Crippen molar-refractivity contribution in [3.63, 3.8) is 0 Å². The molecule has 2 aliphatic carbocycles. The molecule has 0 bridgehead atoms. The normalized spacial score (nSPS) is 47.5. The van der Waals surface area contributed by atoms with E-state index in [0.29, 0.717) is 23.9 Å². The number of rotatable bonds is 3. The van der Waals surface area contributed by atoms with Gasteiger partial charge in [-0.2, -0.15) is 11.8 Å². The number of nitrogens with two attached hydrogens (primary N) is 1. The molecule has 3 aliphatic rings. The third-order valence-corrected chi connectivity index (χ3v) is 7.62. The molecular formula is C17H28ClFN2OS. The van der Waals surface area contributed by atoms with Crippen LogP contribution in [0.25, 0.3) is 0 Å². The minimum absolute atomic E-state index is 0.0516. The molecule has 132 valence electrons. The van der Waals surface area contributed by atoms with Crippen molar-refractivity contribution in [3.05, 3.63) is 0 Å². The molecule has 0 aromatic rings. The number of amidine groups is 1. The second-order valence-electron chi connectivity index (χ2n) is 7.66. The van der Waals surface area contributed by atoms with Crippen LogP contribution in [0.15, 0.2) is 4.99 Å². The highest BCUT2D eigenvalue weighted by Crippen LogP contribution is 2.51. The van der Waals surface area contributed by atoms with Crippen molar-refractivity contribution in [3.8, 4) is 0 Å². The van der Waals surface area contributed by atoms with E-state index in [4.69, 9.17) is 17.3 Å². The zero-order valence-corrected chi connectivity index (χ0v) is 15.5. The van der Waals surface area contributed by atoms with Crippen LogP contribution >= 0.6 is 23.4 Å². The summed E-state index contributed by atoms with van der Waals surface area (Å²) in [4.78, 5) is 4.57. The molecule has 6 heteroatoms. The number of fused-ring (bicyclic) bond motifs is 1. The van der Waals surface area contributed by atoms with Crippen molar-refractivity contribution in [2.24, 2.45) is 22.6 Å². The van der Waals surface area contributed by atoms with Crippen LogP contribution in [0.1, 0.15) is 52.4 Å². The van der Waals surface area contributed by atoms with Crippen molar-refractivity contribution in [2.75, 3.05) is 0 Å². The van der Waals surface area contributed by atoms with Crippen molar-refractivity contribution >= 4 is 29.2 Å². The Labute approximate surface area is 147 Å². The Kier molecular flexibility index (Phi) is 5.20. The lowest BCUT2D eigenvalue weighted by Gasteiger charge is -2.47. The number of hydrogen-bond acceptors (Lipinski definition) is 4. The van der Waals surface area contributed by atoms with Crippen LogP contribution in [0.4, 0.5) is 4.39 Å². The number of nitrogens with zero attached hydrogens (tertiary/aromatic N) is 1. The molecule has 0 aromatic heterocycles. The van der Waals surface area contributed by atoms with Crippen LogP contribution in [-0.4, -0.2) is 44.6 Å². The molecule has 3 N–H and O–H groups in total. The summed E-state index contributed by atoms with van der Waals surface area (Å²) < 4.78 is 14.2. The monoisotopic (exact) mass is 362 g/mol. The predicted octanol–water partition coefficient (Wildman–Crippen LogP) is 3.51. The lowest BCUT2D eigenvalue weighted by Crippen LogP contribution is -2.59. The fourth-order valence-corrected chi connectivity index (χ4v) is 6.53. The van der Waals surface area contributed by atoms with Crippen LogP contribution in [0.5, 0.6) is 0 Å². The van der Waals surface area contributed by atoms with Crippen molar-refractivity contribution in [1.82, 2.24) is 0 Å². The maximum Gasteiger partial charge on any atom is 0.130 e. The first-order chi connectivity index (χ1) is 10.8. The van der Waals surface area contributed by atoms with Gasteiger partial charge in [-0.3, -0.25) is 4.99 Å². The smallest absolute Gasteiger partial charge is 0.130 e. The maximum atomic E-state index is 14.2. The predicted molar refractivity (Wildman–Crippen MR) is 96.1 cm³/mol. The van der Waals surface area contributed by atoms with Gasteiger partial charge in [-0.25, -0.2) is 4.39 Å². The number of aliphatic imine (C=N–C) groups is 1. The van der Waals surface area contributed by atoms with Gasteiger partial charge in [0.25, 0.3) is 0 Å². The van der Waals surface area contributed by atoms with Gasteiger partial charge >= 0.3 is 0 Å². The zero-order chi connectivity index (χ0) is 16.8. The summed E-state index contributed by atoms with van der Waals surface area (Å²) in [6.45, 7) is 4.30. The first-order valence-corrected chi connectivity index (χ1v) is 10.2. The second-order valence-corrected chi connectivity index (χ2v) is 10.1. The molecule has 7 atom stereocenters. The van der Waals surface area contributed by atoms with Crippen LogP contribution in [0.3, 0.4) is 0 Å². The summed E-state index contributed by atoms with van der Waals surface area (Å²) in [5.74, 6) is 0.107. The highest BCUT2D eigenvalue weighted by atomic mass is 35.5. The standard InChI is InChI=1S/C17H28ClFN2OS/c1-9(2)23-15-6-4-11(19)8-13(15)17(22)12-7-10(18)3-5-14(12)21-16(17)20/h9-15,22H,3-8H2,1-2H3,(H2,20,21). The maximum absolute atomic E-state index is 14.2. The van der Waals surface area contributed by atoms with Gasteiger partial charge in [-0.15, -0.1) is 11.6 Å². The van der Waals surface area contributed by atoms with E-state index in [1.807, 2.05) is 11.8 Å². The van der Waals surface area contributed by atoms with E-state index in [2.05, 4.69) is 18.8 Å². The molecule has 2 saturated carbocycles. The molecule has 3 nitrogen and oxygen atoms in total. The molecular weight excluding hydrogens is 335 g/mol. The van der Waals surface area contributed by atoms with E-state index < -0.39 is 11.8 Å². The first kappa shape index (κ1) is 17.8. The van der Waals surface area contributed by atoms with E-state index in [0.717, 1.165) is 25.7 Å². The molecule has 3 rings (SSSR count). The molecule has 0 saturated heterocycles. The lowest BCUT2D eigenvalue weighted by molar-refractivity contribution is -0.0368. The molecule has 23 heavy (non-hydrogen) atoms. The fraction of sp³-hybridized carbons (Fsp3) is 0.941. The summed E-state index contributed by atoms with van der Waals surface area (Å²) in [5.41, 5.74) is 5.03. The highest BCUT2D eigenvalue weighted by Gasteiger charge is 2.58. The molecule has 1 aliphatic heterocycles. The van der Waals surface area contributed by atoms with E-state index in [1.165, 1.54) is 0 Å². The molecule has 2 fully saturated rings. The average Bonchev–Trinajstić information content (AvgIpc) is 2.73. The minimum atomic E-state index is -1.18. The number of halogens is 2. The summed E-state index contributed by atoms with van der Waals surface area (Å²) in [7, 11) is 0. The molecule has 0 spiro atoms. The zero-order valence-electron chi connectivity index (χ0n) is 13.9. The molecule has 1 heterocycles. The van der Waals surface area contributed by atoms with Crippen molar-refractivity contribution in [2.45, 2.75) is 86.1 Å². The van der Waals surface area contributed by atoms with Crippen LogP contribution < -0.4 is 5.73 Å². The topological polar surface area (TPSA) is 58.6 Å². The van der Waals surface area contributed by atoms with E-state index in [9.17, 15) is 9.50 Å². The number of aliphatic hydroxyl groups is 1. The Balaban J connectivity index is 1.90. The Morgan fingerprint density at radius 1 is 1.26 bits per heavy atom. The number of alkyl halides is 2. The van der Waals surface area contributed by atoms with Gasteiger partial charge in [-0.1, -0.05) is 13.8 Å². The molecule has 7 unspecified atom stereocenters. The molecule has 0 amide bonds. The molecule has 0 aromatic carbocycles. The Bertz CT molecular complexity index is 478. The van der Waals surface area contributed by atoms with E-state index in [1.54, 1.807) is 0 Å². The second kappa shape index (κ2) is 6.72. The van der Waals surface area contributed by atoms with Gasteiger partial charge in [0.1, 0.15) is 17.6 Å². The SMILES string of the molecule is CC(C)SC1CCC(F)CC1C1(O)C(N)=NC2CCC(Cl)CC21.